The maximum Gasteiger partial charge on any atom is 0.324 e. The maximum atomic E-state index is 13.4. The van der Waals surface area contributed by atoms with Crippen molar-refractivity contribution in [3.63, 3.8) is 0 Å². The van der Waals surface area contributed by atoms with Gasteiger partial charge in [0.1, 0.15) is 0 Å². The molecule has 2 N–H and O–H groups in total. The van der Waals surface area contributed by atoms with Gasteiger partial charge in [-0.05, 0) is 69.9 Å². The predicted octanol–water partition coefficient (Wildman–Crippen LogP) is 3.58. The fourth-order valence-electron chi connectivity index (χ4n) is 5.91. The molecule has 2 aromatic rings. The zero-order valence-electron chi connectivity index (χ0n) is 20.8. The molecule has 184 valence electrons. The molecule has 1 aliphatic heterocycles. The highest BCUT2D eigenvalue weighted by Gasteiger charge is 2.41. The van der Waals surface area contributed by atoms with Crippen molar-refractivity contribution in [3.05, 3.63) is 48.2 Å². The number of imide groups is 1. The molecule has 3 atom stereocenters. The number of hydrogen-bond donors (Lipinski definition) is 2. The van der Waals surface area contributed by atoms with E-state index < -0.39 is 0 Å². The van der Waals surface area contributed by atoms with E-state index in [9.17, 15) is 9.59 Å². The van der Waals surface area contributed by atoms with Crippen molar-refractivity contribution < 1.29 is 9.59 Å². The number of amides is 3. The summed E-state index contributed by atoms with van der Waals surface area (Å²) in [6, 6.07) is 6.68. The van der Waals surface area contributed by atoms with Gasteiger partial charge in [0, 0.05) is 61.7 Å². The molecule has 7 nitrogen and oxygen atoms in total. The third kappa shape index (κ3) is 5.05. The molecule has 3 amide bonds. The maximum absolute atomic E-state index is 13.4. The number of carbonyl (C=O) groups is 2. The van der Waals surface area contributed by atoms with Crippen LogP contribution in [0.1, 0.15) is 43.2 Å². The minimum absolute atomic E-state index is 0.0666. The summed E-state index contributed by atoms with van der Waals surface area (Å²) in [5.41, 5.74) is 3.98. The number of urea groups is 1. The largest absolute Gasteiger partial charge is 0.361 e. The highest BCUT2D eigenvalue weighted by Crippen LogP contribution is 2.45. The van der Waals surface area contributed by atoms with Crippen molar-refractivity contribution in [2.45, 2.75) is 44.6 Å². The van der Waals surface area contributed by atoms with Crippen LogP contribution in [-0.4, -0.2) is 84.5 Å². The summed E-state index contributed by atoms with van der Waals surface area (Å²) in [6.45, 7) is 9.34. The lowest BCUT2D eigenvalue weighted by atomic mass is 9.71. The molecule has 34 heavy (non-hydrogen) atoms. The number of likely N-dealkylation sites (tertiary alicyclic amines) is 1. The van der Waals surface area contributed by atoms with Crippen LogP contribution in [0, 0.1) is 5.92 Å². The number of hydrogen-bond acceptors (Lipinski definition) is 4. The molecule has 1 aromatic carbocycles. The SMILES string of the molecule is C=CCN1C[C@H](CC(=O)N(CCCN(C)C)C(=O)NCC)C[C@@H]2c3cccc4[nH]cc(c34)C[C@H]21. The Morgan fingerprint density at radius 1 is 1.29 bits per heavy atom. The van der Waals surface area contributed by atoms with Gasteiger partial charge in [0.2, 0.25) is 5.91 Å². The lowest BCUT2D eigenvalue weighted by Gasteiger charge is -2.47. The van der Waals surface area contributed by atoms with Gasteiger partial charge in [0.25, 0.3) is 0 Å². The first-order valence-corrected chi connectivity index (χ1v) is 12.6. The molecule has 0 spiro atoms. The van der Waals surface area contributed by atoms with E-state index in [-0.39, 0.29) is 17.9 Å². The Bertz CT molecular complexity index is 1030. The molecule has 2 heterocycles. The summed E-state index contributed by atoms with van der Waals surface area (Å²) in [5, 5.41) is 4.19. The van der Waals surface area contributed by atoms with Crippen LogP contribution >= 0.6 is 0 Å². The van der Waals surface area contributed by atoms with Gasteiger partial charge in [-0.3, -0.25) is 14.6 Å². The van der Waals surface area contributed by atoms with Crippen LogP contribution in [0.2, 0.25) is 0 Å². The van der Waals surface area contributed by atoms with Crippen LogP contribution in [0.4, 0.5) is 4.79 Å². The average molecular weight is 466 g/mol. The van der Waals surface area contributed by atoms with E-state index in [0.29, 0.717) is 31.5 Å². The topological polar surface area (TPSA) is 71.7 Å². The molecule has 4 rings (SSSR count). The number of rotatable bonds is 9. The second-order valence-corrected chi connectivity index (χ2v) is 10.0. The van der Waals surface area contributed by atoms with Crippen molar-refractivity contribution in [1.29, 1.82) is 0 Å². The number of fused-ring (bicyclic) bond motifs is 2. The Morgan fingerprint density at radius 3 is 2.85 bits per heavy atom. The highest BCUT2D eigenvalue weighted by atomic mass is 16.2. The normalized spacial score (nSPS) is 21.9. The van der Waals surface area contributed by atoms with Gasteiger partial charge in [0.05, 0.1) is 0 Å². The fourth-order valence-corrected chi connectivity index (χ4v) is 5.91. The van der Waals surface area contributed by atoms with Gasteiger partial charge in [-0.15, -0.1) is 6.58 Å². The van der Waals surface area contributed by atoms with Crippen molar-refractivity contribution >= 4 is 22.8 Å². The number of piperidine rings is 1. The van der Waals surface area contributed by atoms with Gasteiger partial charge >= 0.3 is 6.03 Å². The zero-order valence-corrected chi connectivity index (χ0v) is 20.8. The molecule has 1 fully saturated rings. The number of nitrogens with zero attached hydrogens (tertiary/aromatic N) is 3. The Morgan fingerprint density at radius 2 is 2.12 bits per heavy atom. The van der Waals surface area contributed by atoms with Crippen molar-refractivity contribution in [1.82, 2.24) is 25.0 Å². The standard InChI is InChI=1S/C27H39N5O2/c1-5-11-31-18-19(15-25(33)32(27(34)28-6-2)13-8-12-30(3)4)14-22-21-9-7-10-23-26(21)20(17-29-23)16-24(22)31/h5,7,9-10,17,19,22,24,29H,1,6,8,11-16,18H2,2-4H3,(H,28,34)/t19-,22+,24+/m0/s1. The monoisotopic (exact) mass is 465 g/mol. The third-order valence-electron chi connectivity index (χ3n) is 7.35. The predicted molar refractivity (Wildman–Crippen MR) is 137 cm³/mol. The molecule has 0 saturated carbocycles. The Hall–Kier alpha value is -2.64. The minimum atomic E-state index is -0.276. The first kappa shape index (κ1) is 24.5. The second-order valence-electron chi connectivity index (χ2n) is 10.0. The van der Waals surface area contributed by atoms with E-state index in [1.54, 1.807) is 0 Å². The molecule has 1 saturated heterocycles. The fraction of sp³-hybridized carbons (Fsp3) is 0.556. The smallest absolute Gasteiger partial charge is 0.324 e. The van der Waals surface area contributed by atoms with E-state index in [4.69, 9.17) is 0 Å². The van der Waals surface area contributed by atoms with Gasteiger partial charge in [0.15, 0.2) is 0 Å². The summed E-state index contributed by atoms with van der Waals surface area (Å²) < 4.78 is 0. The zero-order chi connectivity index (χ0) is 24.2. The van der Waals surface area contributed by atoms with Crippen LogP contribution in [0.25, 0.3) is 10.9 Å². The van der Waals surface area contributed by atoms with Gasteiger partial charge < -0.3 is 15.2 Å². The van der Waals surface area contributed by atoms with E-state index >= 15 is 0 Å². The number of nitrogens with one attached hydrogen (secondary N) is 2. The molecule has 0 radical (unpaired) electrons. The lowest BCUT2D eigenvalue weighted by Crippen LogP contribution is -2.51. The number of aromatic nitrogens is 1. The van der Waals surface area contributed by atoms with E-state index in [1.807, 2.05) is 27.1 Å². The molecule has 1 aliphatic carbocycles. The number of carbonyl (C=O) groups excluding carboxylic acids is 2. The highest BCUT2D eigenvalue weighted by molar-refractivity contribution is 5.94. The summed E-state index contributed by atoms with van der Waals surface area (Å²) >= 11 is 0. The molecule has 7 heteroatoms. The van der Waals surface area contributed by atoms with Crippen LogP contribution < -0.4 is 5.32 Å². The summed E-state index contributed by atoms with van der Waals surface area (Å²) in [4.78, 5) is 35.5. The first-order chi connectivity index (χ1) is 16.4. The van der Waals surface area contributed by atoms with E-state index in [0.717, 1.165) is 38.9 Å². The van der Waals surface area contributed by atoms with Crippen LogP contribution in [0.3, 0.4) is 0 Å². The molecular formula is C27H39N5O2. The third-order valence-corrected chi connectivity index (χ3v) is 7.35. The Balaban J connectivity index is 1.53. The number of aromatic amines is 1. The van der Waals surface area contributed by atoms with Crippen molar-refractivity contribution in [2.75, 3.05) is 46.8 Å². The molecule has 0 unspecified atom stereocenters. The number of benzene rings is 1. The first-order valence-electron chi connectivity index (χ1n) is 12.6. The van der Waals surface area contributed by atoms with Gasteiger partial charge in [-0.2, -0.15) is 0 Å². The second kappa shape index (κ2) is 10.7. The summed E-state index contributed by atoms with van der Waals surface area (Å²) in [6.07, 6.45) is 7.28. The minimum Gasteiger partial charge on any atom is -0.361 e. The van der Waals surface area contributed by atoms with E-state index in [2.05, 4.69) is 51.1 Å². The van der Waals surface area contributed by atoms with Crippen LogP contribution in [0.15, 0.2) is 37.1 Å². The molecule has 2 aliphatic rings. The van der Waals surface area contributed by atoms with Crippen molar-refractivity contribution in [3.8, 4) is 0 Å². The van der Waals surface area contributed by atoms with Crippen LogP contribution in [0.5, 0.6) is 0 Å². The van der Waals surface area contributed by atoms with Gasteiger partial charge in [-0.1, -0.05) is 18.2 Å². The van der Waals surface area contributed by atoms with Crippen LogP contribution in [-0.2, 0) is 11.2 Å². The van der Waals surface area contributed by atoms with Gasteiger partial charge in [-0.25, -0.2) is 4.79 Å². The average Bonchev–Trinajstić information content (AvgIpc) is 3.22. The Kier molecular flexibility index (Phi) is 7.73. The van der Waals surface area contributed by atoms with E-state index in [1.165, 1.54) is 26.9 Å². The molecule has 1 aromatic heterocycles. The summed E-state index contributed by atoms with van der Waals surface area (Å²) in [5.74, 6) is 0.517. The Labute approximate surface area is 203 Å². The quantitative estimate of drug-likeness (QED) is 0.556. The molecule has 0 bridgehead atoms. The number of H-pyrrole nitrogens is 1. The lowest BCUT2D eigenvalue weighted by molar-refractivity contribution is -0.130. The summed E-state index contributed by atoms with van der Waals surface area (Å²) in [7, 11) is 4.01. The molecular weight excluding hydrogens is 426 g/mol. The van der Waals surface area contributed by atoms with Crippen molar-refractivity contribution in [2.24, 2.45) is 5.92 Å².